The fourth-order valence-electron chi connectivity index (χ4n) is 2.21. The largest absolute Gasteiger partial charge is 1.00 e. The first-order valence-corrected chi connectivity index (χ1v) is 7.02. The molecule has 1 aliphatic heterocycles. The van der Waals surface area contributed by atoms with Gasteiger partial charge in [0.25, 0.3) is 0 Å². The van der Waals surface area contributed by atoms with Gasteiger partial charge in [-0.05, 0) is 12.1 Å². The molecule has 2 rings (SSSR count). The molecule has 0 bridgehead atoms. The van der Waals surface area contributed by atoms with Gasteiger partial charge in [-0.3, -0.25) is 0 Å². The second-order valence-electron chi connectivity index (χ2n) is 5.19. The summed E-state index contributed by atoms with van der Waals surface area (Å²) in [5.41, 5.74) is 0.231. The number of aliphatic hydroxyl groups excluding tert-OH is 4. The van der Waals surface area contributed by atoms with Crippen molar-refractivity contribution in [3.8, 4) is 11.5 Å². The topological polar surface area (TPSA) is 160 Å². The first-order chi connectivity index (χ1) is 11.3. The molecule has 1 saturated heterocycles. The van der Waals surface area contributed by atoms with Gasteiger partial charge in [-0.25, -0.2) is 4.79 Å². The maximum atomic E-state index is 11.5. The fraction of sp³-hybridized carbons (Fsp3) is 0.400. The number of hydrogen-bond acceptors (Lipinski definition) is 8. The molecule has 10 heteroatoms. The maximum Gasteiger partial charge on any atom is 1.00 e. The molecular weight excluding hydrogens is 363 g/mol. The van der Waals surface area contributed by atoms with Crippen molar-refractivity contribution in [3.63, 3.8) is 0 Å². The summed E-state index contributed by atoms with van der Waals surface area (Å²) in [5.74, 6) is -1.72. The number of carboxylic acids is 1. The van der Waals surface area contributed by atoms with Gasteiger partial charge in [-0.15, -0.1) is 5.75 Å². The van der Waals surface area contributed by atoms with Crippen molar-refractivity contribution in [2.45, 2.75) is 30.7 Å². The Morgan fingerprint density at radius 2 is 1.92 bits per heavy atom. The molecule has 1 aromatic rings. The summed E-state index contributed by atoms with van der Waals surface area (Å²) in [6.07, 6.45) is -5.44. The van der Waals surface area contributed by atoms with Crippen LogP contribution in [0.5, 0.6) is 11.5 Å². The van der Waals surface area contributed by atoms with Crippen molar-refractivity contribution in [2.75, 3.05) is 6.61 Å². The van der Waals surface area contributed by atoms with Crippen LogP contribution in [0.3, 0.4) is 0 Å². The Morgan fingerprint density at radius 3 is 2.52 bits per heavy atom. The molecule has 1 fully saturated rings. The van der Waals surface area contributed by atoms with Gasteiger partial charge < -0.3 is 40.1 Å². The zero-order chi connectivity index (χ0) is 17.9. The van der Waals surface area contributed by atoms with Crippen LogP contribution < -0.4 is 61.2 Å². The minimum absolute atomic E-state index is 0. The molecular formula is C15H17KO9. The molecule has 25 heavy (non-hydrogen) atoms. The Balaban J connectivity index is 0.00000312. The van der Waals surface area contributed by atoms with Crippen molar-refractivity contribution in [1.82, 2.24) is 0 Å². The molecule has 0 aromatic heterocycles. The summed E-state index contributed by atoms with van der Waals surface area (Å²) in [6, 6.07) is 3.58. The molecule has 5 N–H and O–H groups in total. The molecule has 1 aliphatic rings. The van der Waals surface area contributed by atoms with Crippen LogP contribution in [0.25, 0.3) is 6.08 Å². The van der Waals surface area contributed by atoms with E-state index in [0.717, 1.165) is 12.1 Å². The summed E-state index contributed by atoms with van der Waals surface area (Å²) >= 11 is 0. The smallest absolute Gasteiger partial charge is 0.872 e. The number of benzene rings is 1. The number of aliphatic hydroxyl groups is 4. The third kappa shape index (κ3) is 5.72. The van der Waals surface area contributed by atoms with Gasteiger partial charge >= 0.3 is 57.4 Å². The molecule has 0 amide bonds. The number of carboxylic acid groups (broad SMARTS) is 1. The van der Waals surface area contributed by atoms with Crippen molar-refractivity contribution in [1.29, 1.82) is 0 Å². The molecule has 0 radical (unpaired) electrons. The van der Waals surface area contributed by atoms with E-state index in [2.05, 4.69) is 0 Å². The number of hydrogen-bond donors (Lipinski definition) is 5. The number of aliphatic carboxylic acids is 1. The van der Waals surface area contributed by atoms with Crippen molar-refractivity contribution in [3.05, 3.63) is 29.8 Å². The Labute approximate surface area is 185 Å². The van der Waals surface area contributed by atoms with Crippen LogP contribution in [-0.4, -0.2) is 68.8 Å². The molecule has 5 atom stereocenters. The monoisotopic (exact) mass is 380 g/mol. The van der Waals surface area contributed by atoms with E-state index in [1.165, 1.54) is 18.2 Å². The van der Waals surface area contributed by atoms with Crippen LogP contribution in [-0.2, 0) is 9.53 Å². The number of rotatable bonds is 5. The van der Waals surface area contributed by atoms with E-state index < -0.39 is 49.0 Å². The summed E-state index contributed by atoms with van der Waals surface area (Å²) < 4.78 is 10.5. The van der Waals surface area contributed by atoms with Gasteiger partial charge in [0.15, 0.2) is 0 Å². The first kappa shape index (κ1) is 22.5. The van der Waals surface area contributed by atoms with E-state index in [9.17, 15) is 25.2 Å². The second kappa shape index (κ2) is 9.97. The standard InChI is InChI=1S/C15H18O9.K/c16-6-10-12(20)13(21)14(22)15(24-10)23-9-5-8(17)3-1-7(9)2-4-11(18)19;/h1-5,10,12-17,20-22H,6H2,(H,18,19);/q;+1/p-1/b4-2+;/t10-,12-,13+,14-,15-;/m1./s1. The van der Waals surface area contributed by atoms with Gasteiger partial charge in [0.2, 0.25) is 6.29 Å². The first-order valence-electron chi connectivity index (χ1n) is 7.02. The quantitative estimate of drug-likeness (QED) is 0.249. The predicted octanol–water partition coefficient (Wildman–Crippen LogP) is -4.96. The molecule has 1 heterocycles. The number of ether oxygens (including phenoxy) is 2. The van der Waals surface area contributed by atoms with Gasteiger partial charge in [0.05, 0.1) is 6.61 Å². The molecule has 0 spiro atoms. The predicted molar refractivity (Wildman–Crippen MR) is 77.0 cm³/mol. The molecule has 0 saturated carbocycles. The van der Waals surface area contributed by atoms with Crippen LogP contribution in [0.1, 0.15) is 5.56 Å². The van der Waals surface area contributed by atoms with E-state index in [4.69, 9.17) is 19.7 Å². The molecule has 0 aliphatic carbocycles. The second-order valence-corrected chi connectivity index (χ2v) is 5.19. The van der Waals surface area contributed by atoms with Crippen molar-refractivity contribution in [2.24, 2.45) is 0 Å². The number of carbonyl (C=O) groups is 1. The molecule has 132 valence electrons. The Kier molecular flexibility index (Phi) is 8.98. The zero-order valence-corrected chi connectivity index (χ0v) is 16.5. The van der Waals surface area contributed by atoms with Crippen LogP contribution >= 0.6 is 0 Å². The Bertz CT molecular complexity index is 619. The molecule has 1 aromatic carbocycles. The van der Waals surface area contributed by atoms with Crippen LogP contribution in [0.2, 0.25) is 0 Å². The average Bonchev–Trinajstić information content (AvgIpc) is 2.54. The minimum Gasteiger partial charge on any atom is -0.872 e. The summed E-state index contributed by atoms with van der Waals surface area (Å²) in [7, 11) is 0. The van der Waals surface area contributed by atoms with Gasteiger partial charge in [-0.2, -0.15) is 0 Å². The van der Waals surface area contributed by atoms with Crippen molar-refractivity contribution < 1.29 is 96.3 Å². The van der Waals surface area contributed by atoms with E-state index in [1.807, 2.05) is 0 Å². The van der Waals surface area contributed by atoms with Gasteiger partial charge in [0, 0.05) is 11.6 Å². The van der Waals surface area contributed by atoms with E-state index in [0.29, 0.717) is 0 Å². The van der Waals surface area contributed by atoms with Gasteiger partial charge in [0.1, 0.15) is 30.2 Å². The van der Waals surface area contributed by atoms with Crippen LogP contribution in [0.15, 0.2) is 24.3 Å². The fourth-order valence-corrected chi connectivity index (χ4v) is 2.21. The maximum absolute atomic E-state index is 11.5. The minimum atomic E-state index is -1.64. The summed E-state index contributed by atoms with van der Waals surface area (Å²) in [4.78, 5) is 10.6. The average molecular weight is 380 g/mol. The zero-order valence-electron chi connectivity index (χ0n) is 13.3. The molecule has 0 unspecified atom stereocenters. The van der Waals surface area contributed by atoms with Gasteiger partial charge in [-0.1, -0.05) is 12.1 Å². The van der Waals surface area contributed by atoms with Crippen LogP contribution in [0.4, 0.5) is 0 Å². The van der Waals surface area contributed by atoms with E-state index in [-0.39, 0.29) is 62.7 Å². The third-order valence-corrected chi connectivity index (χ3v) is 3.48. The summed E-state index contributed by atoms with van der Waals surface area (Å²) in [6.45, 7) is -0.627. The Morgan fingerprint density at radius 1 is 1.24 bits per heavy atom. The van der Waals surface area contributed by atoms with E-state index in [1.54, 1.807) is 0 Å². The third-order valence-electron chi connectivity index (χ3n) is 3.48. The normalized spacial score (nSPS) is 29.2. The summed E-state index contributed by atoms with van der Waals surface area (Å²) in [5, 5.41) is 58.7. The van der Waals surface area contributed by atoms with Crippen molar-refractivity contribution >= 4 is 12.0 Å². The SMILES string of the molecule is O=C(O)/C=C/c1ccc([O-])cc1O[C@@H]1O[C@H](CO)[C@@H](O)[C@H](O)[C@H]1O.[K+]. The van der Waals surface area contributed by atoms with Crippen LogP contribution in [0, 0.1) is 0 Å². The van der Waals surface area contributed by atoms with E-state index >= 15 is 0 Å². The Hall–Kier alpha value is -0.534. The molecule has 9 nitrogen and oxygen atoms in total.